The highest BCUT2D eigenvalue weighted by molar-refractivity contribution is 6.01. The summed E-state index contributed by atoms with van der Waals surface area (Å²) in [4.78, 5) is 39.4. The van der Waals surface area contributed by atoms with Crippen LogP contribution in [0.4, 0.5) is 10.6 Å². The number of fused-ring (bicyclic) bond motifs is 1. The molecule has 0 unspecified atom stereocenters. The highest BCUT2D eigenvalue weighted by Gasteiger charge is 2.72. The fourth-order valence-corrected chi connectivity index (χ4v) is 5.80. The van der Waals surface area contributed by atoms with Crippen LogP contribution >= 0.6 is 0 Å². The molecule has 11 nitrogen and oxygen atoms in total. The molecule has 0 radical (unpaired) electrons. The Bertz CT molecular complexity index is 1620. The molecule has 40 heavy (non-hydrogen) atoms. The smallest absolute Gasteiger partial charge is 0.408 e. The van der Waals surface area contributed by atoms with Crippen LogP contribution in [0.25, 0.3) is 33.5 Å². The van der Waals surface area contributed by atoms with Gasteiger partial charge in [0.05, 0.1) is 18.0 Å². The lowest BCUT2D eigenvalue weighted by molar-refractivity contribution is -0.174. The Labute approximate surface area is 231 Å². The van der Waals surface area contributed by atoms with Gasteiger partial charge >= 0.3 is 6.09 Å². The summed E-state index contributed by atoms with van der Waals surface area (Å²) in [6.45, 7) is 5.46. The van der Waals surface area contributed by atoms with Crippen molar-refractivity contribution in [1.82, 2.24) is 30.0 Å². The molecule has 206 valence electrons. The molecule has 11 heteroatoms. The van der Waals surface area contributed by atoms with Crippen LogP contribution < -0.4 is 15.4 Å². The van der Waals surface area contributed by atoms with Crippen molar-refractivity contribution >= 4 is 28.9 Å². The van der Waals surface area contributed by atoms with Crippen molar-refractivity contribution in [2.45, 2.75) is 51.2 Å². The number of hydrogen-bond acceptors (Lipinski definition) is 8. The third-order valence-corrected chi connectivity index (χ3v) is 7.44. The van der Waals surface area contributed by atoms with Crippen molar-refractivity contribution in [3.63, 3.8) is 0 Å². The number of anilines is 1. The van der Waals surface area contributed by atoms with E-state index in [9.17, 15) is 9.59 Å². The first kappa shape index (κ1) is 25.7. The number of ether oxygens (including phenoxy) is 2. The maximum absolute atomic E-state index is 13.4. The van der Waals surface area contributed by atoms with Crippen LogP contribution in [0, 0.1) is 5.41 Å². The minimum atomic E-state index is -0.582. The van der Waals surface area contributed by atoms with Gasteiger partial charge in [0.15, 0.2) is 11.6 Å². The second-order valence-corrected chi connectivity index (χ2v) is 11.7. The lowest BCUT2D eigenvalue weighted by atomic mass is 9.39. The van der Waals surface area contributed by atoms with E-state index >= 15 is 0 Å². The number of nitrogens with one attached hydrogen (secondary N) is 2. The fraction of sp³-hybridized carbons (Fsp3) is 0.379. The number of hydrogen-bond donors (Lipinski definition) is 2. The third kappa shape index (κ3) is 4.41. The Kier molecular flexibility index (Phi) is 5.79. The summed E-state index contributed by atoms with van der Waals surface area (Å²) in [5.74, 6) is 0.531. The summed E-state index contributed by atoms with van der Waals surface area (Å²) < 4.78 is 12.7. The second kappa shape index (κ2) is 9.00. The molecule has 4 aromatic rings. The first-order valence-corrected chi connectivity index (χ1v) is 13.1. The number of pyridine rings is 1. The summed E-state index contributed by atoms with van der Waals surface area (Å²) in [5, 5.41) is 10.6. The summed E-state index contributed by atoms with van der Waals surface area (Å²) in [6, 6.07) is 11.6. The number of methoxy groups -OCH3 is 1. The Morgan fingerprint density at radius 1 is 1.05 bits per heavy atom. The standard InChI is InChI=1S/C29H31N7O4/c1-27(2,3)40-26(38)34-29-13-28(14-29,15-29)25(37)33-24-20(39-5)11-19-23(32-24)22(31-16-30-19)18-12-36(4)35-21(18)17-9-7-6-8-10-17/h6-12,16H,13-15H2,1-5H3,(H,34,38)(H,32,33,37). The highest BCUT2D eigenvalue weighted by atomic mass is 16.6. The van der Waals surface area contributed by atoms with E-state index in [4.69, 9.17) is 14.5 Å². The number of aryl methyl sites for hydroxylation is 1. The molecule has 7 rings (SSSR count). The minimum Gasteiger partial charge on any atom is -0.493 e. The molecule has 1 aromatic carbocycles. The average molecular weight is 542 g/mol. The molecule has 3 heterocycles. The predicted molar refractivity (Wildman–Crippen MR) is 149 cm³/mol. The van der Waals surface area contributed by atoms with Gasteiger partial charge in [-0.1, -0.05) is 30.3 Å². The molecule has 3 aliphatic carbocycles. The van der Waals surface area contributed by atoms with E-state index in [1.165, 1.54) is 13.4 Å². The summed E-state index contributed by atoms with van der Waals surface area (Å²) >= 11 is 0. The largest absolute Gasteiger partial charge is 0.493 e. The first-order valence-electron chi connectivity index (χ1n) is 13.1. The maximum atomic E-state index is 13.4. The number of nitrogens with zero attached hydrogens (tertiary/aromatic N) is 5. The summed E-state index contributed by atoms with van der Waals surface area (Å²) in [6.07, 6.45) is 4.56. The van der Waals surface area contributed by atoms with Gasteiger partial charge in [0.1, 0.15) is 28.8 Å². The molecule has 2 bridgehead atoms. The SMILES string of the molecule is COc1cc2ncnc(-c3cn(C)nc3-c3ccccc3)c2nc1NC(=O)C12CC(NC(=O)OC(C)(C)C)(C1)C2. The molecule has 3 aliphatic rings. The van der Waals surface area contributed by atoms with Crippen LogP contribution in [0.15, 0.2) is 48.9 Å². The molecular weight excluding hydrogens is 510 g/mol. The monoisotopic (exact) mass is 541 g/mol. The zero-order valence-electron chi connectivity index (χ0n) is 23.1. The zero-order chi connectivity index (χ0) is 28.3. The molecular formula is C29H31N7O4. The number of rotatable bonds is 6. The minimum absolute atomic E-state index is 0.157. The molecule has 2 N–H and O–H groups in total. The topological polar surface area (TPSA) is 133 Å². The Hall–Kier alpha value is -4.54. The van der Waals surface area contributed by atoms with Crippen molar-refractivity contribution < 1.29 is 19.1 Å². The van der Waals surface area contributed by atoms with Gasteiger partial charge in [0.25, 0.3) is 0 Å². The van der Waals surface area contributed by atoms with Crippen LogP contribution in [0.5, 0.6) is 5.75 Å². The van der Waals surface area contributed by atoms with E-state index in [1.54, 1.807) is 10.7 Å². The van der Waals surface area contributed by atoms with E-state index < -0.39 is 22.6 Å². The van der Waals surface area contributed by atoms with Crippen LogP contribution in [-0.4, -0.2) is 55.0 Å². The van der Waals surface area contributed by atoms with Crippen LogP contribution in [-0.2, 0) is 16.6 Å². The first-order chi connectivity index (χ1) is 19.0. The number of aromatic nitrogens is 5. The molecule has 0 saturated heterocycles. The van der Waals surface area contributed by atoms with E-state index in [0.29, 0.717) is 47.6 Å². The normalized spacial score (nSPS) is 21.2. The number of carbonyl (C=O) groups excluding carboxylic acids is 2. The molecule has 2 amide bonds. The quantitative estimate of drug-likeness (QED) is 0.365. The van der Waals surface area contributed by atoms with Gasteiger partial charge in [-0.05, 0) is 40.0 Å². The maximum Gasteiger partial charge on any atom is 0.408 e. The summed E-state index contributed by atoms with van der Waals surface area (Å²) in [7, 11) is 3.38. The molecule has 3 aromatic heterocycles. The van der Waals surface area contributed by atoms with Gasteiger partial charge in [-0.3, -0.25) is 9.48 Å². The van der Waals surface area contributed by atoms with Gasteiger partial charge in [0, 0.05) is 36.0 Å². The number of amides is 2. The van der Waals surface area contributed by atoms with Crippen molar-refractivity contribution in [2.75, 3.05) is 12.4 Å². The summed E-state index contributed by atoms with van der Waals surface area (Å²) in [5.41, 5.74) is 2.67. The predicted octanol–water partition coefficient (Wildman–Crippen LogP) is 4.49. The lowest BCUT2D eigenvalue weighted by Crippen LogP contribution is -2.77. The molecule has 3 fully saturated rings. The average Bonchev–Trinajstić information content (AvgIpc) is 3.25. The van der Waals surface area contributed by atoms with Gasteiger partial charge in [0.2, 0.25) is 5.91 Å². The Balaban J connectivity index is 1.28. The van der Waals surface area contributed by atoms with E-state index in [0.717, 1.165) is 16.8 Å². The molecule has 0 spiro atoms. The van der Waals surface area contributed by atoms with Gasteiger partial charge in [-0.25, -0.2) is 19.7 Å². The van der Waals surface area contributed by atoms with E-state index in [-0.39, 0.29) is 5.91 Å². The Morgan fingerprint density at radius 3 is 2.45 bits per heavy atom. The van der Waals surface area contributed by atoms with Crippen LogP contribution in [0.2, 0.25) is 0 Å². The number of benzene rings is 1. The lowest BCUT2D eigenvalue weighted by Gasteiger charge is -2.68. The van der Waals surface area contributed by atoms with Crippen molar-refractivity contribution in [2.24, 2.45) is 12.5 Å². The molecule has 0 atom stereocenters. The highest BCUT2D eigenvalue weighted by Crippen LogP contribution is 2.67. The zero-order valence-corrected chi connectivity index (χ0v) is 23.1. The number of carbonyl (C=O) groups is 2. The fourth-order valence-electron chi connectivity index (χ4n) is 5.80. The van der Waals surface area contributed by atoms with E-state index in [2.05, 4.69) is 25.7 Å². The number of alkyl carbamates (subject to hydrolysis) is 1. The van der Waals surface area contributed by atoms with Gasteiger partial charge in [-0.15, -0.1) is 0 Å². The second-order valence-electron chi connectivity index (χ2n) is 11.7. The van der Waals surface area contributed by atoms with Gasteiger partial charge in [-0.2, -0.15) is 5.10 Å². The molecule has 0 aliphatic heterocycles. The van der Waals surface area contributed by atoms with Crippen LogP contribution in [0.1, 0.15) is 40.0 Å². The van der Waals surface area contributed by atoms with E-state index in [1.807, 2.05) is 64.3 Å². The van der Waals surface area contributed by atoms with Crippen LogP contribution in [0.3, 0.4) is 0 Å². The van der Waals surface area contributed by atoms with Crippen molar-refractivity contribution in [1.29, 1.82) is 0 Å². The van der Waals surface area contributed by atoms with Crippen molar-refractivity contribution in [3.8, 4) is 28.3 Å². The van der Waals surface area contributed by atoms with Crippen molar-refractivity contribution in [3.05, 3.63) is 48.9 Å². The van der Waals surface area contributed by atoms with Gasteiger partial charge < -0.3 is 20.1 Å². The third-order valence-electron chi connectivity index (χ3n) is 7.44. The molecule has 3 saturated carbocycles. The Morgan fingerprint density at radius 2 is 1.77 bits per heavy atom.